The van der Waals surface area contributed by atoms with Crippen molar-refractivity contribution < 1.29 is 4.74 Å². The molecule has 0 fully saturated rings. The van der Waals surface area contributed by atoms with Crippen molar-refractivity contribution in [3.05, 3.63) is 103 Å². The molecule has 5 nitrogen and oxygen atoms in total. The molecule has 2 aliphatic rings. The zero-order valence-corrected chi connectivity index (χ0v) is 25.0. The molecule has 0 saturated heterocycles. The summed E-state index contributed by atoms with van der Waals surface area (Å²) in [5, 5.41) is 2.55. The van der Waals surface area contributed by atoms with E-state index in [1.54, 1.807) is 0 Å². The van der Waals surface area contributed by atoms with Gasteiger partial charge in [0.05, 0.1) is 17.7 Å². The third-order valence-electron chi connectivity index (χ3n) is 9.10. The van der Waals surface area contributed by atoms with E-state index >= 15 is 0 Å². The fourth-order valence-corrected chi connectivity index (χ4v) is 7.09. The predicted molar refractivity (Wildman–Crippen MR) is 174 cm³/mol. The zero-order valence-electron chi connectivity index (χ0n) is 25.0. The Kier molecular flexibility index (Phi) is 7.10. The van der Waals surface area contributed by atoms with Crippen LogP contribution in [0.4, 0.5) is 5.69 Å². The molecule has 2 aliphatic heterocycles. The molecule has 7 rings (SSSR count). The second kappa shape index (κ2) is 11.2. The first kappa shape index (κ1) is 26.6. The summed E-state index contributed by atoms with van der Waals surface area (Å²) in [5.41, 5.74) is 6.44. The van der Waals surface area contributed by atoms with E-state index in [1.165, 1.54) is 65.9 Å². The molecule has 2 unspecified atom stereocenters. The standard InChI is InChI=1S/C37H40N4O/c1-4-6-13-29-30(14-7-5-2)34-17-10-20-38-37(34)41-35-24-28(18-19-31(35)33-16-9-15-32(29)36(33)41)42-27-12-8-11-26(23-27)40-22-21-39(3)25-40/h8-12,15-24,29-30H,4-7,13-14,25H2,1-3H3. The van der Waals surface area contributed by atoms with Crippen LogP contribution in [0.5, 0.6) is 11.5 Å². The first-order valence-corrected chi connectivity index (χ1v) is 15.6. The molecule has 5 heteroatoms. The molecule has 0 amide bonds. The van der Waals surface area contributed by atoms with E-state index in [9.17, 15) is 0 Å². The van der Waals surface area contributed by atoms with Crippen LogP contribution < -0.4 is 9.64 Å². The lowest BCUT2D eigenvalue weighted by molar-refractivity contribution is 0.453. The van der Waals surface area contributed by atoms with Gasteiger partial charge in [0.2, 0.25) is 0 Å². The molecule has 42 heavy (non-hydrogen) atoms. The van der Waals surface area contributed by atoms with E-state index in [0.717, 1.165) is 35.2 Å². The van der Waals surface area contributed by atoms with Gasteiger partial charge in [0, 0.05) is 54.2 Å². The van der Waals surface area contributed by atoms with Gasteiger partial charge < -0.3 is 14.5 Å². The molecule has 0 radical (unpaired) electrons. The third-order valence-corrected chi connectivity index (χ3v) is 9.10. The molecule has 2 aromatic heterocycles. The van der Waals surface area contributed by atoms with E-state index in [2.05, 4.69) is 114 Å². The number of nitrogens with zero attached hydrogens (tertiary/aromatic N) is 4. The van der Waals surface area contributed by atoms with Crippen LogP contribution in [0.3, 0.4) is 0 Å². The molecule has 4 heterocycles. The summed E-state index contributed by atoms with van der Waals surface area (Å²) in [7, 11) is 2.08. The Labute approximate surface area is 249 Å². The first-order valence-electron chi connectivity index (χ1n) is 15.6. The summed E-state index contributed by atoms with van der Waals surface area (Å²) in [5.74, 6) is 3.68. The Morgan fingerprint density at radius 1 is 0.786 bits per heavy atom. The zero-order chi connectivity index (χ0) is 28.6. The molecule has 0 saturated carbocycles. The maximum Gasteiger partial charge on any atom is 0.141 e. The number of para-hydroxylation sites is 1. The summed E-state index contributed by atoms with van der Waals surface area (Å²) in [6.07, 6.45) is 13.4. The maximum absolute atomic E-state index is 6.53. The number of aromatic nitrogens is 2. The second-order valence-electron chi connectivity index (χ2n) is 11.9. The van der Waals surface area contributed by atoms with Crippen molar-refractivity contribution in [1.29, 1.82) is 0 Å². The highest BCUT2D eigenvalue weighted by molar-refractivity contribution is 6.11. The van der Waals surface area contributed by atoms with Gasteiger partial charge >= 0.3 is 0 Å². The molecule has 0 spiro atoms. The molecule has 214 valence electrons. The van der Waals surface area contributed by atoms with Crippen LogP contribution in [0.1, 0.15) is 75.3 Å². The van der Waals surface area contributed by atoms with Crippen LogP contribution in [-0.2, 0) is 0 Å². The summed E-state index contributed by atoms with van der Waals surface area (Å²) in [6.45, 7) is 5.45. The molecule has 0 N–H and O–H groups in total. The van der Waals surface area contributed by atoms with Crippen LogP contribution in [0.2, 0.25) is 0 Å². The Balaban J connectivity index is 1.37. The van der Waals surface area contributed by atoms with Gasteiger partial charge in [0.25, 0.3) is 0 Å². The number of fused-ring (bicyclic) bond motifs is 5. The van der Waals surface area contributed by atoms with Gasteiger partial charge in [0.15, 0.2) is 0 Å². The molecular weight excluding hydrogens is 516 g/mol. The van der Waals surface area contributed by atoms with Crippen LogP contribution >= 0.6 is 0 Å². The van der Waals surface area contributed by atoms with Crippen LogP contribution in [0.25, 0.3) is 27.6 Å². The molecule has 2 atom stereocenters. The minimum Gasteiger partial charge on any atom is -0.457 e. The van der Waals surface area contributed by atoms with Gasteiger partial charge in [-0.15, -0.1) is 0 Å². The first-order chi connectivity index (χ1) is 20.7. The molecule has 3 aromatic carbocycles. The fraction of sp³-hybridized carbons (Fsp3) is 0.324. The number of benzene rings is 3. The van der Waals surface area contributed by atoms with Gasteiger partial charge in [-0.25, -0.2) is 4.98 Å². The van der Waals surface area contributed by atoms with Gasteiger partial charge in [-0.2, -0.15) is 0 Å². The molecule has 0 aliphatic carbocycles. The SMILES string of the molecule is CCCCC1c2cccnc2-n2c3cc(Oc4cccc(N5C=CN(C)C5)c4)ccc3c3cccc(c32)C1CCCC. The number of anilines is 1. The number of unbranched alkanes of at least 4 members (excludes halogenated alkanes) is 2. The topological polar surface area (TPSA) is 33.5 Å². The number of pyridine rings is 1. The molecular formula is C37H40N4O. The summed E-state index contributed by atoms with van der Waals surface area (Å²) in [6, 6.07) is 26.3. The Bertz CT molecular complexity index is 1770. The van der Waals surface area contributed by atoms with E-state index in [-0.39, 0.29) is 0 Å². The van der Waals surface area contributed by atoms with Crippen molar-refractivity contribution in [3.8, 4) is 17.3 Å². The highest BCUT2D eigenvalue weighted by Gasteiger charge is 2.33. The smallest absolute Gasteiger partial charge is 0.141 e. The van der Waals surface area contributed by atoms with Crippen molar-refractivity contribution in [2.75, 3.05) is 18.6 Å². The lowest BCUT2D eigenvalue weighted by atomic mass is 9.76. The van der Waals surface area contributed by atoms with Crippen LogP contribution in [0.15, 0.2) is 91.4 Å². The highest BCUT2D eigenvalue weighted by Crippen LogP contribution is 2.49. The maximum atomic E-state index is 6.53. The average Bonchev–Trinajstić information content (AvgIpc) is 3.57. The van der Waals surface area contributed by atoms with Gasteiger partial charge in [-0.05, 0) is 66.1 Å². The van der Waals surface area contributed by atoms with Gasteiger partial charge in [-0.3, -0.25) is 4.57 Å². The van der Waals surface area contributed by atoms with Crippen LogP contribution in [0, 0.1) is 0 Å². The normalized spacial score (nSPS) is 17.7. The van der Waals surface area contributed by atoms with Gasteiger partial charge in [-0.1, -0.05) is 69.9 Å². The Hall–Kier alpha value is -4.25. The van der Waals surface area contributed by atoms with E-state index in [0.29, 0.717) is 11.8 Å². The summed E-state index contributed by atoms with van der Waals surface area (Å²) >= 11 is 0. The third kappa shape index (κ3) is 4.61. The Morgan fingerprint density at radius 2 is 1.55 bits per heavy atom. The summed E-state index contributed by atoms with van der Waals surface area (Å²) < 4.78 is 8.97. The van der Waals surface area contributed by atoms with Crippen LogP contribution in [-0.4, -0.2) is 28.2 Å². The molecule has 5 aromatic rings. The number of ether oxygens (including phenoxy) is 1. The van der Waals surface area contributed by atoms with Gasteiger partial charge in [0.1, 0.15) is 17.3 Å². The predicted octanol–water partition coefficient (Wildman–Crippen LogP) is 9.71. The summed E-state index contributed by atoms with van der Waals surface area (Å²) in [4.78, 5) is 9.46. The van der Waals surface area contributed by atoms with Crippen molar-refractivity contribution in [2.24, 2.45) is 0 Å². The average molecular weight is 557 g/mol. The second-order valence-corrected chi connectivity index (χ2v) is 11.9. The largest absolute Gasteiger partial charge is 0.457 e. The van der Waals surface area contributed by atoms with E-state index in [1.807, 2.05) is 12.3 Å². The van der Waals surface area contributed by atoms with E-state index in [4.69, 9.17) is 9.72 Å². The van der Waals surface area contributed by atoms with Crippen molar-refractivity contribution in [1.82, 2.24) is 14.5 Å². The van der Waals surface area contributed by atoms with Crippen molar-refractivity contribution in [3.63, 3.8) is 0 Å². The van der Waals surface area contributed by atoms with Crippen molar-refractivity contribution >= 4 is 27.5 Å². The fourth-order valence-electron chi connectivity index (χ4n) is 7.09. The minimum absolute atomic E-state index is 0.460. The highest BCUT2D eigenvalue weighted by atomic mass is 16.5. The quantitative estimate of drug-likeness (QED) is 0.181. The number of hydrogen-bond donors (Lipinski definition) is 0. The number of hydrogen-bond acceptors (Lipinski definition) is 4. The Morgan fingerprint density at radius 3 is 2.33 bits per heavy atom. The monoisotopic (exact) mass is 556 g/mol. The lowest BCUT2D eigenvalue weighted by Gasteiger charge is -2.27. The molecule has 0 bridgehead atoms. The van der Waals surface area contributed by atoms with Crippen molar-refractivity contribution in [2.45, 2.75) is 64.2 Å². The van der Waals surface area contributed by atoms with E-state index < -0.39 is 0 Å². The number of rotatable bonds is 9. The minimum atomic E-state index is 0.460. The lowest BCUT2D eigenvalue weighted by Crippen LogP contribution is -2.21.